The number of nitrogens with zero attached hydrogens (tertiary/aromatic N) is 1. The number of carbonyl (C=O) groups excluding carboxylic acids is 2. The van der Waals surface area contributed by atoms with E-state index in [4.69, 9.17) is 23.9 Å². The molecule has 0 amide bonds. The zero-order valence-electron chi connectivity index (χ0n) is 19.4. The molecule has 7 heteroatoms. The lowest BCUT2D eigenvalue weighted by atomic mass is 9.74. The van der Waals surface area contributed by atoms with Gasteiger partial charge in [-0.3, -0.25) is 9.79 Å². The summed E-state index contributed by atoms with van der Waals surface area (Å²) in [5.74, 6) is 0.810. The zero-order valence-corrected chi connectivity index (χ0v) is 19.4. The Morgan fingerprint density at radius 1 is 1.06 bits per heavy atom. The summed E-state index contributed by atoms with van der Waals surface area (Å²) in [5.41, 5.74) is 4.33. The predicted octanol–water partition coefficient (Wildman–Crippen LogP) is 4.30. The van der Waals surface area contributed by atoms with Gasteiger partial charge < -0.3 is 18.9 Å². The lowest BCUT2D eigenvalue weighted by Gasteiger charge is -2.38. The summed E-state index contributed by atoms with van der Waals surface area (Å²) in [7, 11) is 2.99. The van der Waals surface area contributed by atoms with Crippen LogP contribution in [0.4, 0.5) is 0 Å². The van der Waals surface area contributed by atoms with Crippen LogP contribution < -0.4 is 9.47 Å². The maximum Gasteiger partial charge on any atom is 0.337 e. The third kappa shape index (κ3) is 4.58. The van der Waals surface area contributed by atoms with Crippen molar-refractivity contribution < 1.29 is 28.5 Å². The molecule has 2 aromatic carbocycles. The van der Waals surface area contributed by atoms with Gasteiger partial charge in [0.15, 0.2) is 11.5 Å². The van der Waals surface area contributed by atoms with Crippen LogP contribution in [0.1, 0.15) is 66.1 Å². The molecule has 1 saturated carbocycles. The lowest BCUT2D eigenvalue weighted by molar-refractivity contribution is -0.148. The van der Waals surface area contributed by atoms with Crippen molar-refractivity contribution in [2.45, 2.75) is 51.2 Å². The Morgan fingerprint density at radius 3 is 2.45 bits per heavy atom. The number of methoxy groups -OCH3 is 2. The van der Waals surface area contributed by atoms with E-state index in [2.05, 4.69) is 0 Å². The van der Waals surface area contributed by atoms with Crippen LogP contribution in [0.2, 0.25) is 0 Å². The summed E-state index contributed by atoms with van der Waals surface area (Å²) < 4.78 is 21.8. The van der Waals surface area contributed by atoms with Gasteiger partial charge in [-0.1, -0.05) is 12.1 Å². The average molecular weight is 452 g/mol. The van der Waals surface area contributed by atoms with Gasteiger partial charge in [0.25, 0.3) is 0 Å². The molecule has 3 unspecified atom stereocenters. The molecule has 4 rings (SSSR count). The number of fused-ring (bicyclic) bond motifs is 3. The normalized spacial score (nSPS) is 21.2. The first-order chi connectivity index (χ1) is 15.9. The fraction of sp³-hybridized carbons (Fsp3) is 0.423. The first-order valence-corrected chi connectivity index (χ1v) is 11.2. The van der Waals surface area contributed by atoms with Gasteiger partial charge in [-0.2, -0.15) is 0 Å². The van der Waals surface area contributed by atoms with Crippen molar-refractivity contribution in [3.8, 4) is 11.5 Å². The van der Waals surface area contributed by atoms with Gasteiger partial charge >= 0.3 is 11.9 Å². The summed E-state index contributed by atoms with van der Waals surface area (Å²) >= 11 is 0. The van der Waals surface area contributed by atoms with Crippen molar-refractivity contribution >= 4 is 17.7 Å². The third-order valence-corrected chi connectivity index (χ3v) is 6.26. The number of ether oxygens (including phenoxy) is 4. The highest BCUT2D eigenvalue weighted by atomic mass is 16.5. The topological polar surface area (TPSA) is 83.4 Å². The van der Waals surface area contributed by atoms with Crippen LogP contribution in [-0.4, -0.2) is 50.6 Å². The van der Waals surface area contributed by atoms with E-state index < -0.39 is 0 Å². The highest BCUT2D eigenvalue weighted by molar-refractivity contribution is 6.15. The van der Waals surface area contributed by atoms with Crippen molar-refractivity contribution in [2.75, 3.05) is 20.8 Å². The van der Waals surface area contributed by atoms with Gasteiger partial charge in [-0.25, -0.2) is 4.79 Å². The molecular formula is C26H29NO6. The lowest BCUT2D eigenvalue weighted by Crippen LogP contribution is -2.36. The van der Waals surface area contributed by atoms with Crippen molar-refractivity contribution in [2.24, 2.45) is 4.99 Å². The number of hydrogen-bond donors (Lipinski definition) is 0. The van der Waals surface area contributed by atoms with E-state index in [1.807, 2.05) is 31.2 Å². The Hall–Kier alpha value is -3.35. The SMILES string of the molecule is CCOc1cc2c(cc1OC)C(c1ccc(C(=O)OC)cc1)=NC1CCC(OC(C)=O)CC21. The molecular weight excluding hydrogens is 422 g/mol. The molecule has 2 aliphatic rings. The Labute approximate surface area is 193 Å². The highest BCUT2D eigenvalue weighted by Gasteiger charge is 2.38. The maximum absolute atomic E-state index is 11.9. The van der Waals surface area contributed by atoms with Crippen LogP contribution in [0, 0.1) is 0 Å². The summed E-state index contributed by atoms with van der Waals surface area (Å²) in [6.45, 7) is 3.91. The molecule has 0 spiro atoms. The average Bonchev–Trinajstić information content (AvgIpc) is 2.82. The molecule has 1 aliphatic heterocycles. The summed E-state index contributed by atoms with van der Waals surface area (Å²) in [4.78, 5) is 28.6. The van der Waals surface area contributed by atoms with E-state index in [1.54, 1.807) is 19.2 Å². The fourth-order valence-electron chi connectivity index (χ4n) is 4.81. The Kier molecular flexibility index (Phi) is 6.67. The van der Waals surface area contributed by atoms with Gasteiger partial charge in [0.2, 0.25) is 0 Å². The smallest absolute Gasteiger partial charge is 0.337 e. The number of benzene rings is 2. The Balaban J connectivity index is 1.79. The molecule has 1 aliphatic carbocycles. The van der Waals surface area contributed by atoms with Crippen molar-refractivity contribution in [3.05, 3.63) is 58.7 Å². The molecule has 0 aromatic heterocycles. The molecule has 0 bridgehead atoms. The first-order valence-electron chi connectivity index (χ1n) is 11.2. The molecule has 33 heavy (non-hydrogen) atoms. The van der Waals surface area contributed by atoms with Gasteiger partial charge in [0, 0.05) is 24.0 Å². The maximum atomic E-state index is 11.9. The van der Waals surface area contributed by atoms with Gasteiger partial charge in [0.1, 0.15) is 6.10 Å². The first kappa shape index (κ1) is 22.8. The zero-order chi connectivity index (χ0) is 23.5. The van der Waals surface area contributed by atoms with E-state index in [0.717, 1.165) is 35.2 Å². The summed E-state index contributed by atoms with van der Waals surface area (Å²) in [6.07, 6.45) is 2.20. The van der Waals surface area contributed by atoms with Crippen LogP contribution in [-0.2, 0) is 14.3 Å². The number of carbonyl (C=O) groups is 2. The minimum absolute atomic E-state index is 0.0717. The fourth-order valence-corrected chi connectivity index (χ4v) is 4.81. The van der Waals surface area contributed by atoms with Gasteiger partial charge in [0.05, 0.1) is 38.1 Å². The van der Waals surface area contributed by atoms with Crippen LogP contribution >= 0.6 is 0 Å². The molecule has 0 saturated heterocycles. The third-order valence-electron chi connectivity index (χ3n) is 6.26. The molecule has 3 atom stereocenters. The van der Waals surface area contributed by atoms with E-state index >= 15 is 0 Å². The second-order valence-electron chi connectivity index (χ2n) is 8.29. The minimum atomic E-state index is -0.376. The van der Waals surface area contributed by atoms with Crippen LogP contribution in [0.25, 0.3) is 0 Å². The number of hydrogen-bond acceptors (Lipinski definition) is 7. The van der Waals surface area contributed by atoms with Gasteiger partial charge in [-0.15, -0.1) is 0 Å². The van der Waals surface area contributed by atoms with E-state index in [0.29, 0.717) is 30.1 Å². The molecule has 7 nitrogen and oxygen atoms in total. The Morgan fingerprint density at radius 2 is 1.82 bits per heavy atom. The van der Waals surface area contributed by atoms with Gasteiger partial charge in [-0.05, 0) is 56.0 Å². The molecule has 0 radical (unpaired) electrons. The largest absolute Gasteiger partial charge is 0.493 e. The van der Waals surface area contributed by atoms with Crippen LogP contribution in [0.5, 0.6) is 11.5 Å². The standard InChI is InChI=1S/C26H29NO6/c1-5-32-24-13-19-20-12-18(33-15(2)28)10-11-22(20)27-25(21(19)14-23(24)30-3)16-6-8-17(9-7-16)26(29)31-4/h6-9,13-14,18,20,22H,5,10-12H2,1-4H3. The van der Waals surface area contributed by atoms with Crippen LogP contribution in [0.3, 0.4) is 0 Å². The van der Waals surface area contributed by atoms with Crippen LogP contribution in [0.15, 0.2) is 41.4 Å². The quantitative estimate of drug-likeness (QED) is 0.609. The number of esters is 2. The molecule has 1 fully saturated rings. The van der Waals surface area contributed by atoms with E-state index in [-0.39, 0.29) is 30.0 Å². The summed E-state index contributed by atoms with van der Waals surface area (Å²) in [6, 6.07) is 11.4. The minimum Gasteiger partial charge on any atom is -0.493 e. The van der Waals surface area contributed by atoms with E-state index in [1.165, 1.54) is 14.0 Å². The number of rotatable bonds is 6. The van der Waals surface area contributed by atoms with Crippen molar-refractivity contribution in [3.63, 3.8) is 0 Å². The van der Waals surface area contributed by atoms with Crippen molar-refractivity contribution in [1.82, 2.24) is 0 Å². The van der Waals surface area contributed by atoms with E-state index in [9.17, 15) is 9.59 Å². The Bertz CT molecular complexity index is 1070. The summed E-state index contributed by atoms with van der Waals surface area (Å²) in [5, 5.41) is 0. The second-order valence-corrected chi connectivity index (χ2v) is 8.29. The molecule has 2 aromatic rings. The number of aliphatic imine (C=N–C) groups is 1. The second kappa shape index (κ2) is 9.65. The molecule has 1 heterocycles. The molecule has 174 valence electrons. The highest BCUT2D eigenvalue weighted by Crippen LogP contribution is 2.45. The molecule has 0 N–H and O–H groups in total. The monoisotopic (exact) mass is 451 g/mol. The predicted molar refractivity (Wildman–Crippen MR) is 124 cm³/mol. The van der Waals surface area contributed by atoms with Crippen molar-refractivity contribution in [1.29, 1.82) is 0 Å².